The van der Waals surface area contributed by atoms with Gasteiger partial charge in [0.1, 0.15) is 5.82 Å². The van der Waals surface area contributed by atoms with E-state index < -0.39 is 12.1 Å². The lowest BCUT2D eigenvalue weighted by Gasteiger charge is -2.31. The summed E-state index contributed by atoms with van der Waals surface area (Å²) in [6, 6.07) is 4.01. The van der Waals surface area contributed by atoms with E-state index >= 15 is 0 Å². The van der Waals surface area contributed by atoms with Gasteiger partial charge in [-0.05, 0) is 30.7 Å². The zero-order valence-corrected chi connectivity index (χ0v) is 11.4. The van der Waals surface area contributed by atoms with Crippen molar-refractivity contribution in [3.63, 3.8) is 0 Å². The minimum absolute atomic E-state index is 0.141. The Labute approximate surface area is 116 Å². The van der Waals surface area contributed by atoms with Crippen LogP contribution in [0.1, 0.15) is 15.9 Å². The van der Waals surface area contributed by atoms with Gasteiger partial charge in [-0.1, -0.05) is 0 Å². The number of rotatable bonds is 2. The molecule has 1 atom stereocenters. The van der Waals surface area contributed by atoms with Crippen LogP contribution < -0.4 is 0 Å². The lowest BCUT2D eigenvalue weighted by atomic mass is 10.1. The summed E-state index contributed by atoms with van der Waals surface area (Å²) >= 11 is 0. The number of carbonyl (C=O) groups is 2. The second kappa shape index (κ2) is 6.00. The minimum Gasteiger partial charge on any atom is -0.467 e. The van der Waals surface area contributed by atoms with E-state index in [0.29, 0.717) is 17.7 Å². The number of amides is 1. The molecule has 1 heterocycles. The number of halogens is 1. The summed E-state index contributed by atoms with van der Waals surface area (Å²) < 4.78 is 22.9. The molecule has 1 saturated heterocycles. The summed E-state index contributed by atoms with van der Waals surface area (Å²) in [5.74, 6) is -1.12. The molecule has 1 aliphatic heterocycles. The molecule has 1 aliphatic rings. The SMILES string of the molecule is COC(=O)C1CN(C(=O)c2ccc(F)cc2C)CCO1. The van der Waals surface area contributed by atoms with E-state index in [4.69, 9.17) is 4.74 Å². The molecule has 20 heavy (non-hydrogen) atoms. The number of hydrogen-bond acceptors (Lipinski definition) is 4. The summed E-state index contributed by atoms with van der Waals surface area (Å²) in [5, 5.41) is 0. The number of esters is 1. The third-order valence-corrected chi connectivity index (χ3v) is 3.24. The fourth-order valence-electron chi connectivity index (χ4n) is 2.15. The van der Waals surface area contributed by atoms with Crippen molar-refractivity contribution in [2.75, 3.05) is 26.8 Å². The van der Waals surface area contributed by atoms with Gasteiger partial charge in [0.2, 0.25) is 0 Å². The first kappa shape index (κ1) is 14.5. The van der Waals surface area contributed by atoms with Crippen LogP contribution in [-0.4, -0.2) is 49.7 Å². The van der Waals surface area contributed by atoms with Crippen molar-refractivity contribution in [1.82, 2.24) is 4.90 Å². The molecule has 1 amide bonds. The smallest absolute Gasteiger partial charge is 0.336 e. The Bertz CT molecular complexity index is 532. The number of aryl methyl sites for hydroxylation is 1. The molecule has 0 spiro atoms. The molecule has 0 N–H and O–H groups in total. The van der Waals surface area contributed by atoms with Crippen molar-refractivity contribution < 1.29 is 23.5 Å². The van der Waals surface area contributed by atoms with Crippen molar-refractivity contribution in [1.29, 1.82) is 0 Å². The quantitative estimate of drug-likeness (QED) is 0.763. The maximum Gasteiger partial charge on any atom is 0.336 e. The van der Waals surface area contributed by atoms with Gasteiger partial charge in [0.25, 0.3) is 5.91 Å². The summed E-state index contributed by atoms with van der Waals surface area (Å²) in [6.07, 6.45) is -0.765. The molecule has 0 saturated carbocycles. The standard InChI is InChI=1S/C14H16FNO4/c1-9-7-10(15)3-4-11(9)13(17)16-5-6-20-12(8-16)14(18)19-2/h3-4,7,12H,5-6,8H2,1-2H3. The number of ether oxygens (including phenoxy) is 2. The van der Waals surface area contributed by atoms with E-state index in [1.807, 2.05) is 0 Å². The molecular formula is C14H16FNO4. The van der Waals surface area contributed by atoms with Crippen LogP contribution in [0.2, 0.25) is 0 Å². The second-order valence-electron chi connectivity index (χ2n) is 4.59. The minimum atomic E-state index is -0.765. The van der Waals surface area contributed by atoms with Gasteiger partial charge < -0.3 is 14.4 Å². The zero-order chi connectivity index (χ0) is 14.7. The molecule has 1 aromatic rings. The van der Waals surface area contributed by atoms with Crippen molar-refractivity contribution >= 4 is 11.9 Å². The van der Waals surface area contributed by atoms with Crippen LogP contribution in [-0.2, 0) is 14.3 Å². The van der Waals surface area contributed by atoms with Gasteiger partial charge in [0.15, 0.2) is 6.10 Å². The molecule has 1 fully saturated rings. The van der Waals surface area contributed by atoms with E-state index in [-0.39, 0.29) is 24.9 Å². The van der Waals surface area contributed by atoms with Crippen LogP contribution in [0, 0.1) is 12.7 Å². The highest BCUT2D eigenvalue weighted by Crippen LogP contribution is 2.15. The lowest BCUT2D eigenvalue weighted by molar-refractivity contribution is -0.158. The van der Waals surface area contributed by atoms with Gasteiger partial charge in [-0.2, -0.15) is 0 Å². The van der Waals surface area contributed by atoms with E-state index in [1.165, 1.54) is 30.2 Å². The highest BCUT2D eigenvalue weighted by Gasteiger charge is 2.30. The molecule has 108 valence electrons. The number of nitrogens with zero attached hydrogens (tertiary/aromatic N) is 1. The van der Waals surface area contributed by atoms with Crippen LogP contribution in [0.4, 0.5) is 4.39 Å². The Morgan fingerprint density at radius 3 is 2.85 bits per heavy atom. The Morgan fingerprint density at radius 1 is 1.45 bits per heavy atom. The van der Waals surface area contributed by atoms with E-state index in [2.05, 4.69) is 4.74 Å². The molecule has 1 aromatic carbocycles. The number of morpholine rings is 1. The highest BCUT2D eigenvalue weighted by atomic mass is 19.1. The van der Waals surface area contributed by atoms with Gasteiger partial charge in [-0.3, -0.25) is 4.79 Å². The summed E-state index contributed by atoms with van der Waals surface area (Å²) in [4.78, 5) is 25.4. The summed E-state index contributed by atoms with van der Waals surface area (Å²) in [6.45, 7) is 2.48. The average molecular weight is 281 g/mol. The monoisotopic (exact) mass is 281 g/mol. The lowest BCUT2D eigenvalue weighted by Crippen LogP contribution is -2.49. The van der Waals surface area contributed by atoms with Gasteiger partial charge >= 0.3 is 5.97 Å². The zero-order valence-electron chi connectivity index (χ0n) is 11.4. The molecule has 0 bridgehead atoms. The third-order valence-electron chi connectivity index (χ3n) is 3.24. The van der Waals surface area contributed by atoms with Gasteiger partial charge in [0.05, 0.1) is 20.3 Å². The van der Waals surface area contributed by atoms with Crippen molar-refractivity contribution in [3.05, 3.63) is 35.1 Å². The normalized spacial score (nSPS) is 18.8. The summed E-state index contributed by atoms with van der Waals surface area (Å²) in [7, 11) is 1.27. The molecule has 2 rings (SSSR count). The first-order valence-corrected chi connectivity index (χ1v) is 6.27. The Morgan fingerprint density at radius 2 is 2.20 bits per heavy atom. The predicted molar refractivity (Wildman–Crippen MR) is 68.8 cm³/mol. The Balaban J connectivity index is 2.14. The van der Waals surface area contributed by atoms with Crippen LogP contribution >= 0.6 is 0 Å². The molecule has 0 aromatic heterocycles. The fourth-order valence-corrected chi connectivity index (χ4v) is 2.15. The first-order valence-electron chi connectivity index (χ1n) is 6.27. The van der Waals surface area contributed by atoms with Crippen LogP contribution in [0.5, 0.6) is 0 Å². The molecule has 0 radical (unpaired) electrons. The first-order chi connectivity index (χ1) is 9.52. The Hall–Kier alpha value is -1.95. The maximum absolute atomic E-state index is 13.1. The highest BCUT2D eigenvalue weighted by molar-refractivity contribution is 5.96. The Kier molecular flexibility index (Phi) is 4.34. The fraction of sp³-hybridized carbons (Fsp3) is 0.429. The number of hydrogen-bond donors (Lipinski definition) is 0. The van der Waals surface area contributed by atoms with Crippen LogP contribution in [0.25, 0.3) is 0 Å². The average Bonchev–Trinajstić information content (AvgIpc) is 2.46. The molecule has 0 aliphatic carbocycles. The van der Waals surface area contributed by atoms with Crippen LogP contribution in [0.15, 0.2) is 18.2 Å². The van der Waals surface area contributed by atoms with Crippen molar-refractivity contribution in [3.8, 4) is 0 Å². The van der Waals surface area contributed by atoms with E-state index in [9.17, 15) is 14.0 Å². The molecular weight excluding hydrogens is 265 g/mol. The van der Waals surface area contributed by atoms with Gasteiger partial charge in [-0.15, -0.1) is 0 Å². The molecule has 6 heteroatoms. The van der Waals surface area contributed by atoms with Crippen molar-refractivity contribution in [2.24, 2.45) is 0 Å². The van der Waals surface area contributed by atoms with E-state index in [1.54, 1.807) is 6.92 Å². The second-order valence-corrected chi connectivity index (χ2v) is 4.59. The van der Waals surface area contributed by atoms with Gasteiger partial charge in [-0.25, -0.2) is 9.18 Å². The molecule has 1 unspecified atom stereocenters. The van der Waals surface area contributed by atoms with Crippen LogP contribution in [0.3, 0.4) is 0 Å². The molecule has 5 nitrogen and oxygen atoms in total. The largest absolute Gasteiger partial charge is 0.467 e. The third kappa shape index (κ3) is 2.96. The number of benzene rings is 1. The van der Waals surface area contributed by atoms with Gasteiger partial charge in [0, 0.05) is 12.1 Å². The maximum atomic E-state index is 13.1. The predicted octanol–water partition coefficient (Wildman–Crippen LogP) is 1.15. The number of carbonyl (C=O) groups excluding carboxylic acids is 2. The van der Waals surface area contributed by atoms with Crippen molar-refractivity contribution in [2.45, 2.75) is 13.0 Å². The van der Waals surface area contributed by atoms with E-state index in [0.717, 1.165) is 0 Å². The number of methoxy groups -OCH3 is 1. The topological polar surface area (TPSA) is 55.8 Å². The summed E-state index contributed by atoms with van der Waals surface area (Å²) in [5.41, 5.74) is 0.994.